The Morgan fingerprint density at radius 2 is 1.54 bits per heavy atom. The van der Waals surface area contributed by atoms with Gasteiger partial charge in [-0.2, -0.15) is 0 Å². The minimum atomic E-state index is 0. The number of nitrogens with zero attached hydrogens (tertiary/aromatic N) is 1. The molecule has 0 saturated heterocycles. The summed E-state index contributed by atoms with van der Waals surface area (Å²) in [5, 5.41) is 12.2. The van der Waals surface area contributed by atoms with Gasteiger partial charge < -0.3 is 10.1 Å². The van der Waals surface area contributed by atoms with E-state index in [0.29, 0.717) is 0 Å². The van der Waals surface area contributed by atoms with E-state index in [2.05, 4.69) is 82.1 Å². The van der Waals surface area contributed by atoms with Gasteiger partial charge in [0.05, 0.1) is 5.76 Å². The summed E-state index contributed by atoms with van der Waals surface area (Å²) in [6.07, 6.45) is 6.80. The molecule has 39 heavy (non-hydrogen) atoms. The second kappa shape index (κ2) is 16.7. The number of hydrogen-bond acceptors (Lipinski definition) is 3. The van der Waals surface area contributed by atoms with Crippen LogP contribution in [0.25, 0.3) is 22.0 Å². The first-order valence-corrected chi connectivity index (χ1v) is 13.8. The largest absolute Gasteiger partial charge is 0.512 e. The predicted octanol–water partition coefficient (Wildman–Crippen LogP) is 10.1. The maximum Gasteiger partial charge on any atom is 0.162 e. The van der Waals surface area contributed by atoms with Gasteiger partial charge in [0, 0.05) is 44.2 Å². The zero-order valence-electron chi connectivity index (χ0n) is 24.7. The molecule has 217 valence electrons. The smallest absolute Gasteiger partial charge is 0.162 e. The summed E-state index contributed by atoms with van der Waals surface area (Å²) in [5.41, 5.74) is 5.97. The Balaban J connectivity index is 0.000000758. The summed E-state index contributed by atoms with van der Waals surface area (Å²) in [6.45, 7) is 19.0. The number of aromatic nitrogens is 1. The molecule has 1 heterocycles. The van der Waals surface area contributed by atoms with Crippen molar-refractivity contribution in [3.8, 4) is 11.3 Å². The Morgan fingerprint density at radius 1 is 0.949 bits per heavy atom. The third-order valence-corrected chi connectivity index (χ3v) is 7.12. The van der Waals surface area contributed by atoms with Gasteiger partial charge in [-0.1, -0.05) is 87.9 Å². The molecule has 2 aromatic carbocycles. The first-order valence-electron chi connectivity index (χ1n) is 13.8. The number of carbonyl (C=O) groups is 1. The zero-order chi connectivity index (χ0) is 27.8. The van der Waals surface area contributed by atoms with Crippen LogP contribution in [0.15, 0.2) is 54.4 Å². The first kappa shape index (κ1) is 36.7. The van der Waals surface area contributed by atoms with Gasteiger partial charge in [0.15, 0.2) is 5.78 Å². The molecular formula is C35H50IrNO2-. The maximum atomic E-state index is 11.7. The number of carbonyl (C=O) groups excluding carboxylic acids is 1. The topological polar surface area (TPSA) is 50.2 Å². The second-order valence-electron chi connectivity index (χ2n) is 11.1. The molecule has 3 rings (SSSR count). The fraction of sp³-hybridized carbons (Fsp3) is 0.486. The van der Waals surface area contributed by atoms with Crippen molar-refractivity contribution in [1.29, 1.82) is 0 Å². The van der Waals surface area contributed by atoms with Crippen molar-refractivity contribution in [3.63, 3.8) is 0 Å². The summed E-state index contributed by atoms with van der Waals surface area (Å²) in [7, 11) is 0. The number of aliphatic hydroxyl groups is 1. The van der Waals surface area contributed by atoms with Crippen LogP contribution in [0.4, 0.5) is 0 Å². The molecule has 0 aliphatic rings. The second-order valence-corrected chi connectivity index (χ2v) is 11.1. The molecule has 0 atom stereocenters. The van der Waals surface area contributed by atoms with Gasteiger partial charge in [-0.3, -0.25) is 4.79 Å². The molecule has 0 bridgehead atoms. The number of allylic oxidation sites excluding steroid dienone is 2. The predicted molar refractivity (Wildman–Crippen MR) is 165 cm³/mol. The van der Waals surface area contributed by atoms with E-state index in [1.54, 1.807) is 0 Å². The molecule has 0 amide bonds. The number of fused-ring (bicyclic) bond motifs is 1. The Labute approximate surface area is 251 Å². The van der Waals surface area contributed by atoms with E-state index < -0.39 is 0 Å². The number of pyridine rings is 1. The van der Waals surface area contributed by atoms with Crippen molar-refractivity contribution in [3.05, 3.63) is 77.2 Å². The third-order valence-electron chi connectivity index (χ3n) is 7.12. The van der Waals surface area contributed by atoms with Gasteiger partial charge in [-0.25, -0.2) is 0 Å². The van der Waals surface area contributed by atoms with Crippen LogP contribution in [-0.4, -0.2) is 15.9 Å². The van der Waals surface area contributed by atoms with Crippen LogP contribution >= 0.6 is 0 Å². The number of ketones is 1. The monoisotopic (exact) mass is 709 g/mol. The van der Waals surface area contributed by atoms with Crippen LogP contribution in [0, 0.1) is 31.7 Å². The molecular weight excluding hydrogens is 659 g/mol. The van der Waals surface area contributed by atoms with Crippen molar-refractivity contribution < 1.29 is 30.0 Å². The first-order chi connectivity index (χ1) is 17.4. The fourth-order valence-corrected chi connectivity index (χ4v) is 4.65. The molecule has 1 radical (unpaired) electrons. The Hall–Kier alpha value is -2.29. The molecule has 0 fully saturated rings. The maximum absolute atomic E-state index is 11.7. The summed E-state index contributed by atoms with van der Waals surface area (Å²) in [6, 6.07) is 16.5. The Morgan fingerprint density at radius 3 is 2.05 bits per heavy atom. The van der Waals surface area contributed by atoms with Gasteiger partial charge in [0.25, 0.3) is 0 Å². The Kier molecular flexibility index (Phi) is 15.7. The standard InChI is InChI=1S/C21H22N.C13H24O2.CH4.Ir/c1-14-10-15(2)12-17(11-14)20-19-13-18(21(3,4)5)7-6-16(19)8-9-22-20;1-5-10(6-2)12(14)9-13(15)11(7-3)8-4;;/h6-11,13H,1-5H3;9-11,14H,5-8H2,1-4H3;1H4;/q-1;;;. The van der Waals surface area contributed by atoms with E-state index in [4.69, 9.17) is 0 Å². The minimum Gasteiger partial charge on any atom is -0.512 e. The minimum absolute atomic E-state index is 0. The number of rotatable bonds is 8. The molecule has 0 aliphatic carbocycles. The van der Waals surface area contributed by atoms with Crippen molar-refractivity contribution in [2.75, 3.05) is 0 Å². The third kappa shape index (κ3) is 10.3. The fourth-order valence-electron chi connectivity index (χ4n) is 4.65. The van der Waals surface area contributed by atoms with Crippen LogP contribution in [0.2, 0.25) is 0 Å². The zero-order valence-corrected chi connectivity index (χ0v) is 27.1. The normalized spacial score (nSPS) is 11.5. The Bertz CT molecular complexity index is 1190. The average molecular weight is 709 g/mol. The van der Waals surface area contributed by atoms with Gasteiger partial charge >= 0.3 is 0 Å². The van der Waals surface area contributed by atoms with Crippen LogP contribution < -0.4 is 0 Å². The van der Waals surface area contributed by atoms with Gasteiger partial charge in [-0.15, -0.1) is 34.9 Å². The van der Waals surface area contributed by atoms with Crippen LogP contribution in [0.3, 0.4) is 0 Å². The van der Waals surface area contributed by atoms with E-state index in [0.717, 1.165) is 42.5 Å². The molecule has 0 saturated carbocycles. The molecule has 0 spiro atoms. The average Bonchev–Trinajstić information content (AvgIpc) is 2.84. The SMILES string of the molecule is C.CCC(CC)C(=O)C=C(O)C(CC)CC.Cc1[c-]c(-c2nccc3ccc(C(C)(C)C)cc23)cc(C)c1.[Ir]. The van der Waals surface area contributed by atoms with E-state index in [9.17, 15) is 9.90 Å². The number of hydrogen-bond donors (Lipinski definition) is 1. The van der Waals surface area contributed by atoms with Gasteiger partial charge in [0.1, 0.15) is 0 Å². The molecule has 0 unspecified atom stereocenters. The van der Waals surface area contributed by atoms with Crippen molar-refractivity contribution in [2.24, 2.45) is 11.8 Å². The van der Waals surface area contributed by atoms with Crippen LogP contribution in [0.5, 0.6) is 0 Å². The molecule has 0 aliphatic heterocycles. The molecule has 1 aromatic heterocycles. The quantitative estimate of drug-likeness (QED) is 0.144. The van der Waals surface area contributed by atoms with Gasteiger partial charge in [-0.05, 0) is 59.2 Å². The van der Waals surface area contributed by atoms with Crippen molar-refractivity contribution >= 4 is 16.6 Å². The van der Waals surface area contributed by atoms with E-state index in [-0.39, 0.29) is 56.3 Å². The summed E-state index contributed by atoms with van der Waals surface area (Å²) >= 11 is 0. The summed E-state index contributed by atoms with van der Waals surface area (Å²) in [5.74, 6) is 0.547. The molecule has 3 aromatic rings. The molecule has 4 heteroatoms. The molecule has 1 N–H and O–H groups in total. The van der Waals surface area contributed by atoms with E-state index in [1.807, 2.05) is 33.9 Å². The summed E-state index contributed by atoms with van der Waals surface area (Å²) < 4.78 is 0. The number of aliphatic hydroxyl groups excluding tert-OH is 1. The van der Waals surface area contributed by atoms with E-state index in [1.165, 1.54) is 28.0 Å². The van der Waals surface area contributed by atoms with Gasteiger partial charge in [0.2, 0.25) is 0 Å². The number of aryl methyl sites for hydroxylation is 2. The van der Waals surface area contributed by atoms with E-state index >= 15 is 0 Å². The van der Waals surface area contributed by atoms with Crippen LogP contribution in [-0.2, 0) is 30.3 Å². The molecule has 3 nitrogen and oxygen atoms in total. The summed E-state index contributed by atoms with van der Waals surface area (Å²) in [4.78, 5) is 16.4. The van der Waals surface area contributed by atoms with Crippen molar-refractivity contribution in [2.45, 2.75) is 101 Å². The van der Waals surface area contributed by atoms with Crippen LogP contribution in [0.1, 0.15) is 98.3 Å². The number of benzene rings is 2. The van der Waals surface area contributed by atoms with Crippen molar-refractivity contribution in [1.82, 2.24) is 4.98 Å².